The van der Waals surface area contributed by atoms with Gasteiger partial charge in [-0.15, -0.1) is 0 Å². The highest BCUT2D eigenvalue weighted by molar-refractivity contribution is 5.87. The zero-order chi connectivity index (χ0) is 26.1. The van der Waals surface area contributed by atoms with Gasteiger partial charge in [0.15, 0.2) is 0 Å². The minimum Gasteiger partial charge on any atom is -0.377 e. The Kier molecular flexibility index (Phi) is 6.58. The first kappa shape index (κ1) is 24.2. The van der Waals surface area contributed by atoms with Gasteiger partial charge >= 0.3 is 0 Å². The number of anilines is 1. The number of fused-ring (bicyclic) bond motifs is 1. The second kappa shape index (κ2) is 10.3. The summed E-state index contributed by atoms with van der Waals surface area (Å²) in [7, 11) is 0. The molecular weight excluding hydrogens is 486 g/mol. The fourth-order valence-corrected chi connectivity index (χ4v) is 5.16. The minimum absolute atomic E-state index is 0.116. The van der Waals surface area contributed by atoms with Crippen LogP contribution in [-0.4, -0.2) is 58.9 Å². The number of piperazine rings is 1. The van der Waals surface area contributed by atoms with Gasteiger partial charge in [0.1, 0.15) is 23.5 Å². The van der Waals surface area contributed by atoms with E-state index in [-0.39, 0.29) is 12.1 Å². The van der Waals surface area contributed by atoms with E-state index >= 15 is 0 Å². The van der Waals surface area contributed by atoms with Crippen LogP contribution in [0.2, 0.25) is 0 Å². The molecule has 0 radical (unpaired) electrons. The van der Waals surface area contributed by atoms with E-state index in [4.69, 9.17) is 9.72 Å². The van der Waals surface area contributed by atoms with E-state index in [9.17, 15) is 14.0 Å². The van der Waals surface area contributed by atoms with Gasteiger partial charge in [0, 0.05) is 61.8 Å². The quantitative estimate of drug-likeness (QED) is 0.387. The molecule has 2 aliphatic heterocycles. The first-order chi connectivity index (χ1) is 18.6. The number of pyridine rings is 2. The zero-order valence-corrected chi connectivity index (χ0v) is 20.8. The average Bonchev–Trinajstić information content (AvgIpc) is 3.39. The van der Waals surface area contributed by atoms with E-state index in [2.05, 4.69) is 33.1 Å². The Bertz CT molecular complexity index is 1530. The summed E-state index contributed by atoms with van der Waals surface area (Å²) in [6, 6.07) is 12.4. The van der Waals surface area contributed by atoms with E-state index in [0.29, 0.717) is 45.0 Å². The Hall–Kier alpha value is -4.13. The van der Waals surface area contributed by atoms with Crippen molar-refractivity contribution in [1.29, 1.82) is 5.26 Å². The van der Waals surface area contributed by atoms with Gasteiger partial charge < -0.3 is 9.64 Å². The number of rotatable bonds is 5. The number of hydrogen-bond acceptors (Lipinski definition) is 6. The summed E-state index contributed by atoms with van der Waals surface area (Å²) in [6.45, 7) is 4.30. The van der Waals surface area contributed by atoms with Crippen molar-refractivity contribution >= 4 is 16.9 Å². The number of aromatic nitrogens is 3. The van der Waals surface area contributed by atoms with Crippen molar-refractivity contribution in [2.45, 2.75) is 13.0 Å². The third-order valence-electron chi connectivity index (χ3n) is 7.26. The first-order valence-electron chi connectivity index (χ1n) is 12.7. The van der Waals surface area contributed by atoms with Crippen LogP contribution in [0.3, 0.4) is 0 Å². The second-order valence-electron chi connectivity index (χ2n) is 9.53. The molecule has 0 aliphatic carbocycles. The van der Waals surface area contributed by atoms with E-state index < -0.39 is 11.6 Å². The van der Waals surface area contributed by atoms with Crippen molar-refractivity contribution in [2.24, 2.45) is 0 Å². The lowest BCUT2D eigenvalue weighted by molar-refractivity contribution is 0.161. The SMILES string of the molecule is N#Cc1cnn2cc(C3=CCOCC3)cc(-c3ccc(N4CCN(Cc5c(F)cccc5F)CC4)nc3)c12. The maximum atomic E-state index is 14.1. The lowest BCUT2D eigenvalue weighted by Crippen LogP contribution is -2.46. The van der Waals surface area contributed by atoms with Crippen LogP contribution >= 0.6 is 0 Å². The van der Waals surface area contributed by atoms with E-state index in [0.717, 1.165) is 34.4 Å². The van der Waals surface area contributed by atoms with E-state index in [1.165, 1.54) is 23.8 Å². The van der Waals surface area contributed by atoms with Crippen LogP contribution in [0.4, 0.5) is 14.6 Å². The molecular formula is C29H26F2N6O. The van der Waals surface area contributed by atoms with Crippen LogP contribution in [-0.2, 0) is 11.3 Å². The van der Waals surface area contributed by atoms with E-state index in [1.54, 1.807) is 10.7 Å². The molecule has 0 amide bonds. The number of nitriles is 1. The minimum atomic E-state index is -0.506. The lowest BCUT2D eigenvalue weighted by atomic mass is 9.98. The Balaban J connectivity index is 1.22. The molecule has 0 spiro atoms. The number of benzene rings is 1. The molecule has 1 saturated heterocycles. The van der Waals surface area contributed by atoms with Gasteiger partial charge in [-0.2, -0.15) is 10.4 Å². The fourth-order valence-electron chi connectivity index (χ4n) is 5.16. The molecule has 0 bridgehead atoms. The number of hydrogen-bond donors (Lipinski definition) is 0. The highest BCUT2D eigenvalue weighted by Gasteiger charge is 2.21. The van der Waals surface area contributed by atoms with Crippen molar-refractivity contribution in [2.75, 3.05) is 44.3 Å². The summed E-state index contributed by atoms with van der Waals surface area (Å²) in [5, 5.41) is 14.1. The molecule has 1 fully saturated rings. The monoisotopic (exact) mass is 512 g/mol. The van der Waals surface area contributed by atoms with Crippen LogP contribution < -0.4 is 4.90 Å². The van der Waals surface area contributed by atoms with Crippen LogP contribution in [0.5, 0.6) is 0 Å². The molecule has 2 aliphatic rings. The van der Waals surface area contributed by atoms with Crippen LogP contribution in [0.15, 0.2) is 61.1 Å². The van der Waals surface area contributed by atoms with Crippen LogP contribution in [0.1, 0.15) is 23.1 Å². The van der Waals surface area contributed by atoms with Gasteiger partial charge in [0.2, 0.25) is 0 Å². The standard InChI is InChI=1S/C29H26F2N6O/c30-26-2-1-3-27(31)25(26)19-35-8-10-36(11-9-35)28-5-4-21(16-33-28)24-14-22(20-6-12-38-13-7-20)18-37-29(24)23(15-32)17-34-37/h1-6,14,16-18H,7-13,19H2. The summed E-state index contributed by atoms with van der Waals surface area (Å²) in [4.78, 5) is 8.98. The van der Waals surface area contributed by atoms with E-state index in [1.807, 2.05) is 24.5 Å². The zero-order valence-electron chi connectivity index (χ0n) is 20.8. The summed E-state index contributed by atoms with van der Waals surface area (Å²) < 4.78 is 35.4. The molecule has 0 unspecified atom stereocenters. The summed E-state index contributed by atoms with van der Waals surface area (Å²) >= 11 is 0. The summed E-state index contributed by atoms with van der Waals surface area (Å²) in [5.74, 6) is -0.166. The van der Waals surface area contributed by atoms with Crippen molar-refractivity contribution in [3.63, 3.8) is 0 Å². The Morgan fingerprint density at radius 3 is 2.50 bits per heavy atom. The second-order valence-corrected chi connectivity index (χ2v) is 9.53. The van der Waals surface area contributed by atoms with Gasteiger partial charge in [0.25, 0.3) is 0 Å². The normalized spacial score (nSPS) is 16.4. The van der Waals surface area contributed by atoms with Crippen molar-refractivity contribution in [3.8, 4) is 17.2 Å². The fraction of sp³-hybridized carbons (Fsp3) is 0.276. The molecule has 4 aromatic rings. The largest absolute Gasteiger partial charge is 0.377 e. The molecule has 6 rings (SSSR count). The molecule has 192 valence electrons. The third-order valence-corrected chi connectivity index (χ3v) is 7.26. The van der Waals surface area contributed by atoms with Gasteiger partial charge in [-0.3, -0.25) is 4.90 Å². The average molecular weight is 513 g/mol. The first-order valence-corrected chi connectivity index (χ1v) is 12.7. The summed E-state index contributed by atoms with van der Waals surface area (Å²) in [6.07, 6.45) is 8.30. The number of nitrogens with zero attached hydrogens (tertiary/aromatic N) is 6. The topological polar surface area (TPSA) is 69.7 Å². The Morgan fingerprint density at radius 1 is 1.00 bits per heavy atom. The van der Waals surface area contributed by atoms with Crippen LogP contribution in [0.25, 0.3) is 22.2 Å². The van der Waals surface area contributed by atoms with Crippen molar-refractivity contribution in [1.82, 2.24) is 19.5 Å². The van der Waals surface area contributed by atoms with Gasteiger partial charge in [0.05, 0.1) is 30.5 Å². The molecule has 5 heterocycles. The van der Waals surface area contributed by atoms with Crippen molar-refractivity contribution < 1.29 is 13.5 Å². The molecule has 0 N–H and O–H groups in total. The predicted molar refractivity (Wildman–Crippen MR) is 140 cm³/mol. The number of halogens is 2. The molecule has 7 nitrogen and oxygen atoms in total. The van der Waals surface area contributed by atoms with Gasteiger partial charge in [-0.25, -0.2) is 18.3 Å². The maximum absolute atomic E-state index is 14.1. The molecule has 38 heavy (non-hydrogen) atoms. The molecule has 0 atom stereocenters. The highest BCUT2D eigenvalue weighted by atomic mass is 19.1. The Labute approximate surface area is 219 Å². The molecule has 0 saturated carbocycles. The van der Waals surface area contributed by atoms with Gasteiger partial charge in [-0.05, 0) is 47.9 Å². The molecule has 3 aromatic heterocycles. The van der Waals surface area contributed by atoms with Gasteiger partial charge in [-0.1, -0.05) is 12.1 Å². The smallest absolute Gasteiger partial charge is 0.130 e. The predicted octanol–water partition coefficient (Wildman–Crippen LogP) is 4.67. The number of ether oxygens (including phenoxy) is 1. The third kappa shape index (κ3) is 4.64. The highest BCUT2D eigenvalue weighted by Crippen LogP contribution is 2.32. The molecule has 1 aromatic carbocycles. The van der Waals surface area contributed by atoms with Crippen molar-refractivity contribution in [3.05, 3.63) is 89.4 Å². The Morgan fingerprint density at radius 2 is 1.82 bits per heavy atom. The lowest BCUT2D eigenvalue weighted by Gasteiger charge is -2.35. The summed E-state index contributed by atoms with van der Waals surface area (Å²) in [5.41, 5.74) is 5.44. The molecule has 9 heteroatoms. The van der Waals surface area contributed by atoms with Crippen LogP contribution in [0, 0.1) is 23.0 Å². The maximum Gasteiger partial charge on any atom is 0.130 e.